The Labute approximate surface area is 164 Å². The van der Waals surface area contributed by atoms with Gasteiger partial charge in [0.2, 0.25) is 10.0 Å². The van der Waals surface area contributed by atoms with Gasteiger partial charge in [0.15, 0.2) is 0 Å². The third-order valence-electron chi connectivity index (χ3n) is 3.54. The summed E-state index contributed by atoms with van der Waals surface area (Å²) >= 11 is 0. The fourth-order valence-corrected chi connectivity index (χ4v) is 2.64. The van der Waals surface area contributed by atoms with E-state index in [4.69, 9.17) is 9.88 Å². The number of aliphatic hydroxyl groups is 1. The van der Waals surface area contributed by atoms with Crippen LogP contribution in [-0.4, -0.2) is 38.8 Å². The third-order valence-corrected chi connectivity index (χ3v) is 4.47. The third kappa shape index (κ3) is 7.25. The Balaban J connectivity index is 1.79. The van der Waals surface area contributed by atoms with Crippen molar-refractivity contribution in [2.45, 2.75) is 17.2 Å². The van der Waals surface area contributed by atoms with Crippen LogP contribution < -0.4 is 20.5 Å². The van der Waals surface area contributed by atoms with E-state index >= 15 is 0 Å². The van der Waals surface area contributed by atoms with Gasteiger partial charge in [-0.3, -0.25) is 0 Å². The van der Waals surface area contributed by atoms with E-state index in [9.17, 15) is 31.5 Å². The fraction of sp³-hybridized carbons (Fsp3) is 0.235. The first-order valence-electron chi connectivity index (χ1n) is 8.11. The highest BCUT2D eigenvalue weighted by molar-refractivity contribution is 7.89. The highest BCUT2D eigenvalue weighted by Gasteiger charge is 2.30. The van der Waals surface area contributed by atoms with Crippen molar-refractivity contribution >= 4 is 21.7 Å². The lowest BCUT2D eigenvalue weighted by molar-refractivity contribution is -0.137. The average molecular weight is 433 g/mol. The van der Waals surface area contributed by atoms with Gasteiger partial charge in [0, 0.05) is 12.2 Å². The first kappa shape index (κ1) is 22.5. The number of aliphatic hydroxyl groups excluding tert-OH is 1. The molecule has 29 heavy (non-hydrogen) atoms. The standard InChI is InChI=1S/C17H18F3N3O5S/c18-17(19,20)11-2-1-3-14(8-11)28-10-13(24)9-22-16(25)23-12-4-6-15(7-5-12)29(21,26)27/h1-8,13,24H,9-10H2,(H2,21,26,27)(H2,22,23,25). The SMILES string of the molecule is NS(=O)(=O)c1ccc(NC(=O)NCC(O)COc2cccc(C(F)(F)F)c2)cc1. The van der Waals surface area contributed by atoms with E-state index in [1.54, 1.807) is 0 Å². The van der Waals surface area contributed by atoms with Gasteiger partial charge in [-0.1, -0.05) is 6.07 Å². The summed E-state index contributed by atoms with van der Waals surface area (Å²) in [5.41, 5.74) is -0.597. The summed E-state index contributed by atoms with van der Waals surface area (Å²) in [7, 11) is -3.85. The Morgan fingerprint density at radius 3 is 2.41 bits per heavy atom. The quantitative estimate of drug-likeness (QED) is 0.530. The summed E-state index contributed by atoms with van der Waals surface area (Å²) in [5.74, 6) is -0.0710. The van der Waals surface area contributed by atoms with Crippen molar-refractivity contribution in [2.24, 2.45) is 5.14 Å². The Kier molecular flexibility index (Phi) is 7.06. The second-order valence-corrected chi connectivity index (χ2v) is 7.46. The van der Waals surface area contributed by atoms with E-state index in [-0.39, 0.29) is 29.5 Å². The number of nitrogens with two attached hydrogens (primary N) is 1. The van der Waals surface area contributed by atoms with Crippen molar-refractivity contribution in [2.75, 3.05) is 18.5 Å². The van der Waals surface area contributed by atoms with E-state index in [1.807, 2.05) is 0 Å². The van der Waals surface area contributed by atoms with Crippen molar-refractivity contribution < 1.29 is 36.2 Å². The molecular formula is C17H18F3N3O5S. The minimum atomic E-state index is -4.51. The van der Waals surface area contributed by atoms with E-state index in [0.29, 0.717) is 0 Å². The number of carbonyl (C=O) groups excluding carboxylic acids is 1. The Hall–Kier alpha value is -2.83. The number of hydrogen-bond acceptors (Lipinski definition) is 5. The van der Waals surface area contributed by atoms with Crippen LogP contribution in [0.25, 0.3) is 0 Å². The second kappa shape index (κ2) is 9.11. The molecule has 0 aromatic heterocycles. The second-order valence-electron chi connectivity index (χ2n) is 5.89. The highest BCUT2D eigenvalue weighted by Crippen LogP contribution is 2.31. The number of carbonyl (C=O) groups is 1. The van der Waals surface area contributed by atoms with Crippen LogP contribution in [0.4, 0.5) is 23.7 Å². The summed E-state index contributed by atoms with van der Waals surface area (Å²) in [6.07, 6.45) is -5.69. The smallest absolute Gasteiger partial charge is 0.416 e. The van der Waals surface area contributed by atoms with Gasteiger partial charge in [-0.25, -0.2) is 18.4 Å². The predicted molar refractivity (Wildman–Crippen MR) is 97.8 cm³/mol. The molecule has 0 aliphatic carbocycles. The van der Waals surface area contributed by atoms with Crippen LogP contribution in [0.2, 0.25) is 0 Å². The maximum absolute atomic E-state index is 12.6. The van der Waals surface area contributed by atoms with Gasteiger partial charge in [-0.2, -0.15) is 13.2 Å². The number of anilines is 1. The molecule has 0 radical (unpaired) electrons. The maximum Gasteiger partial charge on any atom is 0.416 e. The van der Waals surface area contributed by atoms with Gasteiger partial charge in [0.25, 0.3) is 0 Å². The molecule has 8 nitrogen and oxygen atoms in total. The predicted octanol–water partition coefficient (Wildman–Crippen LogP) is 1.91. The minimum Gasteiger partial charge on any atom is -0.491 e. The van der Waals surface area contributed by atoms with Gasteiger partial charge in [0.05, 0.1) is 10.5 Å². The van der Waals surface area contributed by atoms with Gasteiger partial charge in [-0.05, 0) is 42.5 Å². The lowest BCUT2D eigenvalue weighted by Gasteiger charge is -2.15. The number of urea groups is 1. The van der Waals surface area contributed by atoms with Crippen LogP contribution in [0.1, 0.15) is 5.56 Å². The average Bonchev–Trinajstić information content (AvgIpc) is 2.64. The molecule has 0 saturated carbocycles. The summed E-state index contributed by atoms with van der Waals surface area (Å²) in [5, 5.41) is 19.5. The van der Waals surface area contributed by atoms with E-state index in [0.717, 1.165) is 12.1 Å². The molecule has 2 amide bonds. The van der Waals surface area contributed by atoms with Crippen LogP contribution in [0.5, 0.6) is 5.75 Å². The zero-order valence-corrected chi connectivity index (χ0v) is 15.6. The molecule has 1 unspecified atom stereocenters. The molecule has 5 N–H and O–H groups in total. The molecule has 0 bridgehead atoms. The lowest BCUT2D eigenvalue weighted by Crippen LogP contribution is -2.37. The van der Waals surface area contributed by atoms with Crippen LogP contribution in [0.15, 0.2) is 53.4 Å². The number of ether oxygens (including phenoxy) is 1. The molecule has 0 heterocycles. The first-order valence-corrected chi connectivity index (χ1v) is 9.65. The molecule has 158 valence electrons. The van der Waals surface area contributed by atoms with Crippen LogP contribution >= 0.6 is 0 Å². The minimum absolute atomic E-state index is 0.0710. The Morgan fingerprint density at radius 2 is 1.83 bits per heavy atom. The Bertz CT molecular complexity index is 950. The number of nitrogens with one attached hydrogen (secondary N) is 2. The summed E-state index contributed by atoms with van der Waals surface area (Å²) in [6.45, 7) is -0.579. The fourth-order valence-electron chi connectivity index (χ4n) is 2.13. The number of halogens is 3. The van der Waals surface area contributed by atoms with E-state index < -0.39 is 33.9 Å². The summed E-state index contributed by atoms with van der Waals surface area (Å²) in [4.78, 5) is 11.7. The monoisotopic (exact) mass is 433 g/mol. The largest absolute Gasteiger partial charge is 0.491 e. The molecule has 0 saturated heterocycles. The van der Waals surface area contributed by atoms with Crippen molar-refractivity contribution in [1.82, 2.24) is 5.32 Å². The number of sulfonamides is 1. The van der Waals surface area contributed by atoms with Crippen LogP contribution in [0.3, 0.4) is 0 Å². The van der Waals surface area contributed by atoms with Crippen molar-refractivity contribution in [3.63, 3.8) is 0 Å². The van der Waals surface area contributed by atoms with Gasteiger partial charge >= 0.3 is 12.2 Å². The number of alkyl halides is 3. The zero-order valence-electron chi connectivity index (χ0n) is 14.8. The van der Waals surface area contributed by atoms with Crippen molar-refractivity contribution in [3.05, 3.63) is 54.1 Å². The number of rotatable bonds is 7. The topological polar surface area (TPSA) is 131 Å². The van der Waals surface area contributed by atoms with Gasteiger partial charge in [-0.15, -0.1) is 0 Å². The summed E-state index contributed by atoms with van der Waals surface area (Å²) < 4.78 is 65.3. The Morgan fingerprint density at radius 1 is 1.17 bits per heavy atom. The lowest BCUT2D eigenvalue weighted by atomic mass is 10.2. The molecule has 2 aromatic rings. The molecule has 0 aliphatic rings. The molecule has 2 aromatic carbocycles. The molecule has 12 heteroatoms. The number of benzene rings is 2. The van der Waals surface area contributed by atoms with Gasteiger partial charge in [0.1, 0.15) is 18.5 Å². The van der Waals surface area contributed by atoms with Crippen molar-refractivity contribution in [1.29, 1.82) is 0 Å². The molecular weight excluding hydrogens is 415 g/mol. The summed E-state index contributed by atoms with van der Waals surface area (Å²) in [6, 6.07) is 8.57. The molecule has 1 atom stereocenters. The number of primary sulfonamides is 1. The van der Waals surface area contributed by atoms with Crippen LogP contribution in [-0.2, 0) is 16.2 Å². The molecule has 2 rings (SSSR count). The van der Waals surface area contributed by atoms with Crippen molar-refractivity contribution in [3.8, 4) is 5.75 Å². The maximum atomic E-state index is 12.6. The highest BCUT2D eigenvalue weighted by atomic mass is 32.2. The molecule has 0 spiro atoms. The number of hydrogen-bond donors (Lipinski definition) is 4. The molecule has 0 fully saturated rings. The zero-order chi connectivity index (χ0) is 21.7. The normalized spacial score (nSPS) is 12.9. The van der Waals surface area contributed by atoms with E-state index in [2.05, 4.69) is 10.6 Å². The van der Waals surface area contributed by atoms with Gasteiger partial charge < -0.3 is 20.5 Å². The van der Waals surface area contributed by atoms with Crippen LogP contribution in [0, 0.1) is 0 Å². The van der Waals surface area contributed by atoms with E-state index in [1.165, 1.54) is 36.4 Å². The molecule has 0 aliphatic heterocycles. The number of amides is 2. The first-order chi connectivity index (χ1) is 13.4.